The Morgan fingerprint density at radius 3 is 2.33 bits per heavy atom. The summed E-state index contributed by atoms with van der Waals surface area (Å²) >= 11 is 0. The van der Waals surface area contributed by atoms with Gasteiger partial charge in [0, 0.05) is 11.8 Å². The summed E-state index contributed by atoms with van der Waals surface area (Å²) in [6.45, 7) is 0. The van der Waals surface area contributed by atoms with Crippen LogP contribution < -0.4 is 14.9 Å². The molecule has 0 heterocycles. The number of hydrogen-bond acceptors (Lipinski definition) is 8. The lowest BCUT2D eigenvalue weighted by atomic mass is 10.1. The zero-order valence-corrected chi connectivity index (χ0v) is 17.9. The van der Waals surface area contributed by atoms with E-state index >= 15 is 0 Å². The molecule has 3 aromatic rings. The van der Waals surface area contributed by atoms with Crippen molar-refractivity contribution in [1.29, 1.82) is 0 Å². The van der Waals surface area contributed by atoms with E-state index in [1.807, 2.05) is 0 Å². The van der Waals surface area contributed by atoms with Crippen LogP contribution in [0.5, 0.6) is 5.75 Å². The van der Waals surface area contributed by atoms with Crippen LogP contribution in [0.2, 0.25) is 0 Å². The Labute approximate surface area is 188 Å². The number of nitro benzene ring substituents is 1. The van der Waals surface area contributed by atoms with Gasteiger partial charge in [0.1, 0.15) is 11.4 Å². The molecule has 0 aromatic heterocycles. The number of nitrogens with one attached hydrogen (secondary N) is 2. The molecule has 3 N–H and O–H groups in total. The molecule has 0 fully saturated rings. The summed E-state index contributed by atoms with van der Waals surface area (Å²) in [6.07, 6.45) is 1.34. The van der Waals surface area contributed by atoms with E-state index in [0.717, 1.165) is 6.07 Å². The number of nitro groups is 1. The van der Waals surface area contributed by atoms with Crippen LogP contribution in [0.25, 0.3) is 0 Å². The zero-order chi connectivity index (χ0) is 24.0. The number of carbonyl (C=O) groups is 1. The van der Waals surface area contributed by atoms with Gasteiger partial charge in [-0.25, -0.2) is 13.2 Å². The van der Waals surface area contributed by atoms with Crippen molar-refractivity contribution in [3.8, 4) is 5.75 Å². The smallest absolute Gasteiger partial charge is 0.335 e. The van der Waals surface area contributed by atoms with E-state index in [1.54, 1.807) is 12.1 Å². The van der Waals surface area contributed by atoms with Gasteiger partial charge in [0.2, 0.25) is 0 Å². The van der Waals surface area contributed by atoms with Crippen LogP contribution in [0.1, 0.15) is 15.9 Å². The zero-order valence-electron chi connectivity index (χ0n) is 17.1. The monoisotopic (exact) mass is 470 g/mol. The van der Waals surface area contributed by atoms with Crippen LogP contribution >= 0.6 is 0 Å². The van der Waals surface area contributed by atoms with Crippen molar-refractivity contribution in [2.45, 2.75) is 4.90 Å². The number of sulfonamides is 1. The fraction of sp³-hybridized carbons (Fsp3) is 0.0476. The summed E-state index contributed by atoms with van der Waals surface area (Å²) < 4.78 is 32.7. The van der Waals surface area contributed by atoms with Gasteiger partial charge in [-0.15, -0.1) is 0 Å². The molecule has 0 amide bonds. The second-order valence-electron chi connectivity index (χ2n) is 6.57. The van der Waals surface area contributed by atoms with Crippen LogP contribution in [0.3, 0.4) is 0 Å². The highest BCUT2D eigenvalue weighted by atomic mass is 32.2. The number of nitrogens with zero attached hydrogens (tertiary/aromatic N) is 2. The van der Waals surface area contributed by atoms with Crippen molar-refractivity contribution < 1.29 is 28.0 Å². The number of aromatic carboxylic acids is 1. The third-order valence-corrected chi connectivity index (χ3v) is 5.75. The summed E-state index contributed by atoms with van der Waals surface area (Å²) in [5, 5.41) is 24.3. The molecule has 11 nitrogen and oxygen atoms in total. The standard InChI is InChI=1S/C21H18N4O7S/c1-32-17-8-6-16(7-9-17)24-33(30,31)18-10-11-19(20(12-18)25(28)29)23-22-13-14-2-4-15(5-3-14)21(26)27/h2-13,23-24H,1H3,(H,26,27)/b22-13-. The third kappa shape index (κ3) is 5.83. The van der Waals surface area contributed by atoms with E-state index in [0.29, 0.717) is 11.3 Å². The molecule has 12 heteroatoms. The van der Waals surface area contributed by atoms with Crippen LogP contribution in [0.4, 0.5) is 17.1 Å². The molecule has 3 rings (SSSR count). The maximum absolute atomic E-state index is 12.7. The van der Waals surface area contributed by atoms with Gasteiger partial charge >= 0.3 is 5.97 Å². The predicted octanol–water partition coefficient (Wildman–Crippen LogP) is 3.55. The number of rotatable bonds is 9. The maximum atomic E-state index is 12.7. The van der Waals surface area contributed by atoms with Crippen molar-refractivity contribution >= 4 is 39.3 Å². The maximum Gasteiger partial charge on any atom is 0.335 e. The lowest BCUT2D eigenvalue weighted by Gasteiger charge is -2.10. The van der Waals surface area contributed by atoms with Crippen LogP contribution in [0.15, 0.2) is 76.7 Å². The fourth-order valence-corrected chi connectivity index (χ4v) is 3.76. The highest BCUT2D eigenvalue weighted by Crippen LogP contribution is 2.29. The van der Waals surface area contributed by atoms with Gasteiger partial charge in [-0.1, -0.05) is 12.1 Å². The number of carboxylic acids is 1. The van der Waals surface area contributed by atoms with Gasteiger partial charge in [-0.3, -0.25) is 20.3 Å². The summed E-state index contributed by atoms with van der Waals surface area (Å²) in [5.74, 6) is -0.522. The van der Waals surface area contributed by atoms with Gasteiger partial charge < -0.3 is 9.84 Å². The molecule has 0 atom stereocenters. The van der Waals surface area contributed by atoms with Gasteiger partial charge in [-0.05, 0) is 54.1 Å². The van der Waals surface area contributed by atoms with E-state index in [9.17, 15) is 23.3 Å². The average Bonchev–Trinajstić information content (AvgIpc) is 2.79. The molecule has 33 heavy (non-hydrogen) atoms. The van der Waals surface area contributed by atoms with Crippen molar-refractivity contribution in [1.82, 2.24) is 0 Å². The van der Waals surface area contributed by atoms with E-state index in [4.69, 9.17) is 9.84 Å². The second kappa shape index (κ2) is 9.78. The number of benzene rings is 3. The fourth-order valence-electron chi connectivity index (χ4n) is 2.69. The Hall–Kier alpha value is -4.45. The number of methoxy groups -OCH3 is 1. The minimum atomic E-state index is -4.09. The number of ether oxygens (including phenoxy) is 1. The first-order valence-corrected chi connectivity index (χ1v) is 10.8. The first-order valence-electron chi connectivity index (χ1n) is 9.27. The SMILES string of the molecule is COc1ccc(NS(=O)(=O)c2ccc(N/N=C\c3ccc(C(=O)O)cc3)c([N+](=O)[O-])c2)cc1. The molecular weight excluding hydrogens is 452 g/mol. The Kier molecular flexibility index (Phi) is 6.88. The van der Waals surface area contributed by atoms with Gasteiger partial charge in [0.15, 0.2) is 0 Å². The number of hydrazone groups is 1. The molecule has 0 aliphatic heterocycles. The van der Waals surface area contributed by atoms with Gasteiger partial charge in [-0.2, -0.15) is 5.10 Å². The first-order chi connectivity index (χ1) is 15.7. The van der Waals surface area contributed by atoms with E-state index in [2.05, 4.69) is 15.2 Å². The Morgan fingerprint density at radius 2 is 1.76 bits per heavy atom. The van der Waals surface area contributed by atoms with Crippen molar-refractivity contribution in [3.63, 3.8) is 0 Å². The largest absolute Gasteiger partial charge is 0.497 e. The molecule has 0 saturated heterocycles. The Bertz CT molecular complexity index is 1310. The molecule has 0 unspecified atom stereocenters. The summed E-state index contributed by atoms with van der Waals surface area (Å²) in [4.78, 5) is 21.3. The number of hydrogen-bond donors (Lipinski definition) is 3. The highest BCUT2D eigenvalue weighted by molar-refractivity contribution is 7.92. The lowest BCUT2D eigenvalue weighted by Crippen LogP contribution is -2.13. The second-order valence-corrected chi connectivity index (χ2v) is 8.25. The van der Waals surface area contributed by atoms with Crippen LogP contribution in [-0.2, 0) is 10.0 Å². The first kappa shape index (κ1) is 23.2. The summed E-state index contributed by atoms with van der Waals surface area (Å²) in [7, 11) is -2.61. The normalized spacial score (nSPS) is 11.2. The predicted molar refractivity (Wildman–Crippen MR) is 122 cm³/mol. The molecule has 3 aromatic carbocycles. The molecule has 0 aliphatic carbocycles. The topological polar surface area (TPSA) is 160 Å². The third-order valence-electron chi connectivity index (χ3n) is 4.37. The minimum Gasteiger partial charge on any atom is -0.497 e. The molecule has 0 aliphatic rings. The number of anilines is 2. The lowest BCUT2D eigenvalue weighted by molar-refractivity contribution is -0.384. The molecule has 0 saturated carbocycles. The molecule has 0 radical (unpaired) electrons. The van der Waals surface area contributed by atoms with Gasteiger partial charge in [0.25, 0.3) is 15.7 Å². The van der Waals surface area contributed by atoms with Crippen molar-refractivity contribution in [2.75, 3.05) is 17.3 Å². The van der Waals surface area contributed by atoms with Crippen molar-refractivity contribution in [3.05, 3.63) is 88.0 Å². The molecule has 170 valence electrons. The van der Waals surface area contributed by atoms with Gasteiger partial charge in [0.05, 0.1) is 28.7 Å². The van der Waals surface area contributed by atoms with Crippen molar-refractivity contribution in [2.24, 2.45) is 5.10 Å². The van der Waals surface area contributed by atoms with E-state index < -0.39 is 26.6 Å². The summed E-state index contributed by atoms with van der Waals surface area (Å²) in [5.41, 5.74) is 2.91. The molecular formula is C21H18N4O7S. The van der Waals surface area contributed by atoms with E-state index in [-0.39, 0.29) is 21.8 Å². The van der Waals surface area contributed by atoms with Crippen LogP contribution in [-0.4, -0.2) is 37.7 Å². The Balaban J connectivity index is 1.79. The van der Waals surface area contributed by atoms with E-state index in [1.165, 1.54) is 61.9 Å². The molecule has 0 spiro atoms. The summed E-state index contributed by atoms with van der Waals surface area (Å²) in [6, 6.07) is 15.3. The minimum absolute atomic E-state index is 0.0261. The molecule has 0 bridgehead atoms. The highest BCUT2D eigenvalue weighted by Gasteiger charge is 2.21. The Morgan fingerprint density at radius 1 is 1.09 bits per heavy atom. The quantitative estimate of drug-likeness (QED) is 0.243. The van der Waals surface area contributed by atoms with Crippen LogP contribution in [0, 0.1) is 10.1 Å². The number of carboxylic acid groups (broad SMARTS) is 1. The average molecular weight is 470 g/mol.